The number of rotatable bonds is 3. The first-order valence-corrected chi connectivity index (χ1v) is 5.46. The SMILES string of the molecule is O=C(c1cncnc1)N1CCC(CCO)C1. The molecule has 5 heteroatoms. The Bertz CT molecular complexity index is 356. The number of aliphatic hydroxyl groups excluding tert-OH is 1. The molecule has 0 bridgehead atoms. The minimum atomic E-state index is -0.0129. The molecule has 1 N–H and O–H groups in total. The number of likely N-dealkylation sites (tertiary alicyclic amines) is 1. The van der Waals surface area contributed by atoms with Crippen molar-refractivity contribution in [2.75, 3.05) is 19.7 Å². The van der Waals surface area contributed by atoms with Crippen molar-refractivity contribution in [1.29, 1.82) is 0 Å². The summed E-state index contributed by atoms with van der Waals surface area (Å²) in [5.41, 5.74) is 0.534. The van der Waals surface area contributed by atoms with E-state index in [0.29, 0.717) is 11.5 Å². The fourth-order valence-electron chi connectivity index (χ4n) is 2.03. The van der Waals surface area contributed by atoms with Crippen molar-refractivity contribution in [3.63, 3.8) is 0 Å². The van der Waals surface area contributed by atoms with Crippen molar-refractivity contribution in [2.24, 2.45) is 5.92 Å². The Hall–Kier alpha value is -1.49. The second kappa shape index (κ2) is 5.03. The van der Waals surface area contributed by atoms with E-state index in [1.807, 2.05) is 0 Å². The Labute approximate surface area is 94.1 Å². The van der Waals surface area contributed by atoms with E-state index >= 15 is 0 Å². The second-order valence-electron chi connectivity index (χ2n) is 4.05. The highest BCUT2D eigenvalue weighted by atomic mass is 16.3. The maximum absolute atomic E-state index is 12.0. The van der Waals surface area contributed by atoms with Gasteiger partial charge >= 0.3 is 0 Å². The normalized spacial score (nSPS) is 20.1. The van der Waals surface area contributed by atoms with E-state index in [4.69, 9.17) is 5.11 Å². The van der Waals surface area contributed by atoms with Crippen LogP contribution in [0, 0.1) is 5.92 Å². The lowest BCUT2D eigenvalue weighted by molar-refractivity contribution is 0.0784. The van der Waals surface area contributed by atoms with Crippen LogP contribution in [-0.2, 0) is 0 Å². The number of hydrogen-bond acceptors (Lipinski definition) is 4. The summed E-state index contributed by atoms with van der Waals surface area (Å²) in [6, 6.07) is 0. The molecule has 2 rings (SSSR count). The average Bonchev–Trinajstić information content (AvgIpc) is 2.78. The Kier molecular flexibility index (Phi) is 3.46. The van der Waals surface area contributed by atoms with Crippen LogP contribution in [0.25, 0.3) is 0 Å². The van der Waals surface area contributed by atoms with Gasteiger partial charge in [0, 0.05) is 32.1 Å². The lowest BCUT2D eigenvalue weighted by atomic mass is 10.1. The van der Waals surface area contributed by atoms with Crippen molar-refractivity contribution >= 4 is 5.91 Å². The van der Waals surface area contributed by atoms with Gasteiger partial charge in [-0.15, -0.1) is 0 Å². The molecule has 0 saturated carbocycles. The van der Waals surface area contributed by atoms with Crippen molar-refractivity contribution < 1.29 is 9.90 Å². The van der Waals surface area contributed by atoms with Crippen LogP contribution in [0.4, 0.5) is 0 Å². The molecule has 1 aliphatic heterocycles. The number of aliphatic hydroxyl groups is 1. The Balaban J connectivity index is 1.97. The van der Waals surface area contributed by atoms with Crippen molar-refractivity contribution in [2.45, 2.75) is 12.8 Å². The smallest absolute Gasteiger partial charge is 0.256 e. The molecule has 1 aromatic rings. The third-order valence-corrected chi connectivity index (χ3v) is 2.92. The van der Waals surface area contributed by atoms with E-state index in [0.717, 1.165) is 25.9 Å². The summed E-state index contributed by atoms with van der Waals surface area (Å²) in [6.07, 6.45) is 6.23. The van der Waals surface area contributed by atoms with Crippen LogP contribution < -0.4 is 0 Å². The van der Waals surface area contributed by atoms with Crippen LogP contribution in [0.3, 0.4) is 0 Å². The van der Waals surface area contributed by atoms with Crippen LogP contribution in [-0.4, -0.2) is 45.6 Å². The molecule has 1 aromatic heterocycles. The molecular weight excluding hydrogens is 206 g/mol. The quantitative estimate of drug-likeness (QED) is 0.798. The molecule has 1 unspecified atom stereocenters. The lowest BCUT2D eigenvalue weighted by Gasteiger charge is -2.15. The van der Waals surface area contributed by atoms with Gasteiger partial charge in [0.25, 0.3) is 5.91 Å². The molecule has 0 radical (unpaired) electrons. The molecule has 1 fully saturated rings. The van der Waals surface area contributed by atoms with Crippen LogP contribution >= 0.6 is 0 Å². The van der Waals surface area contributed by atoms with Gasteiger partial charge in [-0.2, -0.15) is 0 Å². The van der Waals surface area contributed by atoms with Gasteiger partial charge < -0.3 is 10.0 Å². The number of aromatic nitrogens is 2. The van der Waals surface area contributed by atoms with Gasteiger partial charge in [-0.3, -0.25) is 4.79 Å². The summed E-state index contributed by atoms with van der Waals surface area (Å²) >= 11 is 0. The van der Waals surface area contributed by atoms with Crippen LogP contribution in [0.5, 0.6) is 0 Å². The highest BCUT2D eigenvalue weighted by molar-refractivity contribution is 5.93. The Morgan fingerprint density at radius 2 is 2.25 bits per heavy atom. The summed E-state index contributed by atoms with van der Waals surface area (Å²) < 4.78 is 0. The fraction of sp³-hybridized carbons (Fsp3) is 0.545. The van der Waals surface area contributed by atoms with Crippen molar-refractivity contribution in [3.05, 3.63) is 24.3 Å². The van der Waals surface area contributed by atoms with E-state index < -0.39 is 0 Å². The maximum atomic E-state index is 12.0. The standard InChI is InChI=1S/C11H15N3O2/c15-4-2-9-1-3-14(7-9)11(16)10-5-12-8-13-6-10/h5-6,8-9,15H,1-4,7H2. The highest BCUT2D eigenvalue weighted by Crippen LogP contribution is 2.20. The topological polar surface area (TPSA) is 66.3 Å². The Morgan fingerprint density at radius 1 is 1.50 bits per heavy atom. The van der Waals surface area contributed by atoms with Crippen LogP contribution in [0.1, 0.15) is 23.2 Å². The number of hydrogen-bond donors (Lipinski definition) is 1. The summed E-state index contributed by atoms with van der Waals surface area (Å²) in [5.74, 6) is 0.416. The van der Waals surface area contributed by atoms with Gasteiger partial charge in [0.05, 0.1) is 5.56 Å². The minimum Gasteiger partial charge on any atom is -0.396 e. The van der Waals surface area contributed by atoms with Crippen molar-refractivity contribution in [3.8, 4) is 0 Å². The van der Waals surface area contributed by atoms with Gasteiger partial charge in [0.1, 0.15) is 6.33 Å². The van der Waals surface area contributed by atoms with Gasteiger partial charge in [-0.1, -0.05) is 0 Å². The van der Waals surface area contributed by atoms with Gasteiger partial charge in [0.15, 0.2) is 0 Å². The molecule has 16 heavy (non-hydrogen) atoms. The predicted molar refractivity (Wildman–Crippen MR) is 57.7 cm³/mol. The molecule has 5 nitrogen and oxygen atoms in total. The van der Waals surface area contributed by atoms with Crippen LogP contribution in [0.15, 0.2) is 18.7 Å². The first-order valence-electron chi connectivity index (χ1n) is 5.46. The summed E-state index contributed by atoms with van der Waals surface area (Å²) in [5, 5.41) is 8.85. The van der Waals surface area contributed by atoms with Gasteiger partial charge in [0.2, 0.25) is 0 Å². The molecule has 0 aromatic carbocycles. The van der Waals surface area contributed by atoms with E-state index in [-0.39, 0.29) is 12.5 Å². The Morgan fingerprint density at radius 3 is 2.94 bits per heavy atom. The minimum absolute atomic E-state index is 0.0129. The number of amides is 1. The number of carbonyl (C=O) groups is 1. The predicted octanol–water partition coefficient (Wildman–Crippen LogP) is 0.321. The summed E-state index contributed by atoms with van der Waals surface area (Å²) in [6.45, 7) is 1.69. The highest BCUT2D eigenvalue weighted by Gasteiger charge is 2.26. The summed E-state index contributed by atoms with van der Waals surface area (Å²) in [4.78, 5) is 21.5. The zero-order chi connectivity index (χ0) is 11.4. The van der Waals surface area contributed by atoms with Crippen molar-refractivity contribution in [1.82, 2.24) is 14.9 Å². The van der Waals surface area contributed by atoms with E-state index in [2.05, 4.69) is 9.97 Å². The molecule has 1 saturated heterocycles. The fourth-order valence-corrected chi connectivity index (χ4v) is 2.03. The molecule has 1 atom stereocenters. The number of carbonyl (C=O) groups excluding carboxylic acids is 1. The van der Waals surface area contributed by atoms with Gasteiger partial charge in [-0.05, 0) is 18.8 Å². The van der Waals surface area contributed by atoms with E-state index in [1.165, 1.54) is 18.7 Å². The zero-order valence-corrected chi connectivity index (χ0v) is 9.04. The molecular formula is C11H15N3O2. The molecule has 0 aliphatic carbocycles. The van der Waals surface area contributed by atoms with E-state index in [1.54, 1.807) is 4.90 Å². The molecule has 0 spiro atoms. The second-order valence-corrected chi connectivity index (χ2v) is 4.05. The summed E-state index contributed by atoms with van der Waals surface area (Å²) in [7, 11) is 0. The average molecular weight is 221 g/mol. The lowest BCUT2D eigenvalue weighted by Crippen LogP contribution is -2.29. The number of nitrogens with zero attached hydrogens (tertiary/aromatic N) is 3. The first-order chi connectivity index (χ1) is 7.81. The van der Waals surface area contributed by atoms with E-state index in [9.17, 15) is 4.79 Å². The first kappa shape index (κ1) is 11.0. The maximum Gasteiger partial charge on any atom is 0.256 e. The molecule has 2 heterocycles. The monoisotopic (exact) mass is 221 g/mol. The third-order valence-electron chi connectivity index (χ3n) is 2.92. The zero-order valence-electron chi connectivity index (χ0n) is 9.04. The van der Waals surface area contributed by atoms with Crippen LogP contribution in [0.2, 0.25) is 0 Å². The molecule has 1 amide bonds. The molecule has 1 aliphatic rings. The third kappa shape index (κ3) is 2.36. The largest absolute Gasteiger partial charge is 0.396 e. The molecule has 86 valence electrons. The van der Waals surface area contributed by atoms with Gasteiger partial charge in [-0.25, -0.2) is 9.97 Å².